The molecule has 0 spiro atoms. The number of rotatable bonds is 1. The molecule has 16 heavy (non-hydrogen) atoms. The maximum Gasteiger partial charge on any atom is 0.0791 e. The van der Waals surface area contributed by atoms with Gasteiger partial charge in [0, 0.05) is 0 Å². The molecule has 0 aromatic heterocycles. The van der Waals surface area contributed by atoms with Crippen LogP contribution in [-0.2, 0) is 0 Å². The molecule has 2 aromatic carbocycles. The Morgan fingerprint density at radius 1 is 0.875 bits per heavy atom. The molecule has 0 saturated carbocycles. The van der Waals surface area contributed by atoms with Crippen molar-refractivity contribution in [3.63, 3.8) is 0 Å². The molecule has 1 aliphatic heterocycles. The van der Waals surface area contributed by atoms with E-state index in [4.69, 9.17) is 4.99 Å². The highest BCUT2D eigenvalue weighted by molar-refractivity contribution is 5.31. The fourth-order valence-electron chi connectivity index (χ4n) is 2.12. The summed E-state index contributed by atoms with van der Waals surface area (Å²) in [5.41, 5.74) is 1.30. The molecule has 0 bridgehead atoms. The van der Waals surface area contributed by atoms with E-state index in [2.05, 4.69) is 48.5 Å². The van der Waals surface area contributed by atoms with E-state index in [9.17, 15) is 0 Å². The summed E-state index contributed by atoms with van der Waals surface area (Å²) in [6.45, 7) is 0. The topological polar surface area (TPSA) is 12.4 Å². The van der Waals surface area contributed by atoms with Crippen molar-refractivity contribution in [3.05, 3.63) is 70.7 Å². The molecule has 1 unspecified atom stereocenters. The molecular weight excluding hydrogens is 194 g/mol. The second-order valence-corrected chi connectivity index (χ2v) is 4.05. The second-order valence-electron chi connectivity index (χ2n) is 4.05. The molecule has 0 saturated heterocycles. The van der Waals surface area contributed by atoms with E-state index in [1.807, 2.05) is 12.1 Å². The maximum absolute atomic E-state index is 4.78. The van der Waals surface area contributed by atoms with Crippen molar-refractivity contribution in [2.24, 2.45) is 4.99 Å². The molecule has 1 heterocycles. The van der Waals surface area contributed by atoms with Crippen LogP contribution in [0.4, 0.5) is 0 Å². The largest absolute Gasteiger partial charge is 0.276 e. The average Bonchev–Trinajstić information content (AvgIpc) is 2.39. The van der Waals surface area contributed by atoms with Crippen molar-refractivity contribution in [3.8, 4) is 0 Å². The van der Waals surface area contributed by atoms with Gasteiger partial charge in [-0.1, -0.05) is 54.6 Å². The van der Waals surface area contributed by atoms with Gasteiger partial charge in [0.2, 0.25) is 0 Å². The number of fused-ring (bicyclic) bond motifs is 1. The Kier molecular flexibility index (Phi) is 2.30. The zero-order valence-corrected chi connectivity index (χ0v) is 9.01. The molecule has 2 aromatic rings. The monoisotopic (exact) mass is 207 g/mol. The van der Waals surface area contributed by atoms with Gasteiger partial charge in [0.25, 0.3) is 0 Å². The van der Waals surface area contributed by atoms with E-state index < -0.39 is 0 Å². The Bertz CT molecular complexity index is 599. The third-order valence-corrected chi connectivity index (χ3v) is 2.98. The van der Waals surface area contributed by atoms with Crippen molar-refractivity contribution in [1.82, 2.24) is 0 Å². The van der Waals surface area contributed by atoms with E-state index in [0.717, 1.165) is 11.8 Å². The van der Waals surface area contributed by atoms with Crippen LogP contribution in [0.15, 0.2) is 59.6 Å². The van der Waals surface area contributed by atoms with Crippen LogP contribution in [0, 0.1) is 0 Å². The highest BCUT2D eigenvalue weighted by atomic mass is 14.8. The highest BCUT2D eigenvalue weighted by Gasteiger charge is 2.09. The Labute approximate surface area is 94.8 Å². The van der Waals surface area contributed by atoms with E-state index in [0.29, 0.717) is 0 Å². The van der Waals surface area contributed by atoms with Crippen molar-refractivity contribution in [2.45, 2.75) is 12.5 Å². The Morgan fingerprint density at radius 3 is 2.50 bits per heavy atom. The SMILES string of the molecule is C1=c2ccccc2=NC(c2ccccc2)C1. The van der Waals surface area contributed by atoms with Gasteiger partial charge in [0.15, 0.2) is 0 Å². The van der Waals surface area contributed by atoms with Gasteiger partial charge in [0.1, 0.15) is 0 Å². The van der Waals surface area contributed by atoms with Gasteiger partial charge < -0.3 is 0 Å². The smallest absolute Gasteiger partial charge is 0.0791 e. The van der Waals surface area contributed by atoms with Crippen molar-refractivity contribution >= 4 is 6.08 Å². The summed E-state index contributed by atoms with van der Waals surface area (Å²) in [6, 6.07) is 19.1. The quantitative estimate of drug-likeness (QED) is 0.680. The zero-order valence-electron chi connectivity index (χ0n) is 9.01. The Morgan fingerprint density at radius 2 is 1.62 bits per heavy atom. The maximum atomic E-state index is 4.78. The van der Waals surface area contributed by atoms with Gasteiger partial charge in [0.05, 0.1) is 11.4 Å². The average molecular weight is 207 g/mol. The van der Waals surface area contributed by atoms with Gasteiger partial charge in [-0.2, -0.15) is 0 Å². The van der Waals surface area contributed by atoms with Gasteiger partial charge >= 0.3 is 0 Å². The van der Waals surface area contributed by atoms with E-state index in [1.165, 1.54) is 10.8 Å². The second kappa shape index (κ2) is 3.93. The third kappa shape index (κ3) is 1.65. The number of hydrogen-bond acceptors (Lipinski definition) is 1. The minimum atomic E-state index is 0.288. The Balaban J connectivity index is 2.08. The lowest BCUT2D eigenvalue weighted by molar-refractivity contribution is 0.722. The standard InChI is InChI=1S/C15H13N/c1-2-6-12(7-3-1)15-11-10-13-8-4-5-9-14(13)16-15/h1-10,15H,11H2. The molecule has 1 aliphatic rings. The van der Waals surface area contributed by atoms with Crippen LogP contribution in [0.25, 0.3) is 6.08 Å². The minimum Gasteiger partial charge on any atom is -0.276 e. The summed E-state index contributed by atoms with van der Waals surface area (Å²) in [5, 5.41) is 2.37. The first-order valence-corrected chi connectivity index (χ1v) is 5.61. The molecule has 78 valence electrons. The molecular formula is C15H13N. The summed E-state index contributed by atoms with van der Waals surface area (Å²) < 4.78 is 0. The lowest BCUT2D eigenvalue weighted by Crippen LogP contribution is -2.28. The van der Waals surface area contributed by atoms with Crippen molar-refractivity contribution in [2.75, 3.05) is 0 Å². The van der Waals surface area contributed by atoms with Crippen LogP contribution < -0.4 is 10.6 Å². The summed E-state index contributed by atoms with van der Waals surface area (Å²) >= 11 is 0. The van der Waals surface area contributed by atoms with Crippen LogP contribution in [0.3, 0.4) is 0 Å². The van der Waals surface area contributed by atoms with Crippen LogP contribution in [-0.4, -0.2) is 0 Å². The van der Waals surface area contributed by atoms with Crippen LogP contribution in [0.5, 0.6) is 0 Å². The summed E-state index contributed by atoms with van der Waals surface area (Å²) in [6.07, 6.45) is 3.28. The molecule has 3 rings (SSSR count). The lowest BCUT2D eigenvalue weighted by Gasteiger charge is -2.13. The normalized spacial score (nSPS) is 18.1. The third-order valence-electron chi connectivity index (χ3n) is 2.98. The van der Waals surface area contributed by atoms with Crippen molar-refractivity contribution < 1.29 is 0 Å². The molecule has 0 amide bonds. The first-order chi connectivity index (χ1) is 7.93. The molecule has 0 N–H and O–H groups in total. The predicted molar refractivity (Wildman–Crippen MR) is 65.5 cm³/mol. The van der Waals surface area contributed by atoms with Gasteiger partial charge in [-0.15, -0.1) is 0 Å². The van der Waals surface area contributed by atoms with Crippen LogP contribution in [0.2, 0.25) is 0 Å². The molecule has 1 heteroatoms. The summed E-state index contributed by atoms with van der Waals surface area (Å²) in [7, 11) is 0. The lowest BCUT2D eigenvalue weighted by atomic mass is 10.0. The number of nitrogens with zero attached hydrogens (tertiary/aromatic N) is 1. The van der Waals surface area contributed by atoms with Crippen LogP contribution >= 0.6 is 0 Å². The highest BCUT2D eigenvalue weighted by Crippen LogP contribution is 2.21. The Hall–Kier alpha value is -1.89. The fraction of sp³-hybridized carbons (Fsp3) is 0.133. The first kappa shape index (κ1) is 9.34. The molecule has 1 atom stereocenters. The first-order valence-electron chi connectivity index (χ1n) is 5.61. The minimum absolute atomic E-state index is 0.288. The summed E-state index contributed by atoms with van der Waals surface area (Å²) in [5.74, 6) is 0. The zero-order chi connectivity index (χ0) is 10.8. The summed E-state index contributed by atoms with van der Waals surface area (Å²) in [4.78, 5) is 4.78. The molecule has 1 nitrogen and oxygen atoms in total. The van der Waals surface area contributed by atoms with Gasteiger partial charge in [-0.25, -0.2) is 0 Å². The number of hydrogen-bond donors (Lipinski definition) is 0. The number of benzene rings is 2. The van der Waals surface area contributed by atoms with Crippen molar-refractivity contribution in [1.29, 1.82) is 0 Å². The molecule has 0 aliphatic carbocycles. The molecule has 0 fully saturated rings. The van der Waals surface area contributed by atoms with E-state index in [1.54, 1.807) is 0 Å². The van der Waals surface area contributed by atoms with E-state index in [-0.39, 0.29) is 6.04 Å². The fourth-order valence-corrected chi connectivity index (χ4v) is 2.12. The predicted octanol–water partition coefficient (Wildman–Crippen LogP) is 2.23. The van der Waals surface area contributed by atoms with E-state index >= 15 is 0 Å². The number of para-hydroxylation sites is 1. The van der Waals surface area contributed by atoms with Gasteiger partial charge in [-0.05, 0) is 23.3 Å². The molecule has 0 radical (unpaired) electrons. The van der Waals surface area contributed by atoms with Crippen LogP contribution in [0.1, 0.15) is 18.0 Å². The van der Waals surface area contributed by atoms with Gasteiger partial charge in [-0.3, -0.25) is 4.99 Å².